The van der Waals surface area contributed by atoms with Crippen LogP contribution in [0, 0.1) is 42.8 Å². The van der Waals surface area contributed by atoms with Crippen LogP contribution in [-0.2, 0) is 42.1 Å². The molecule has 10 rings (SSSR count). The number of ether oxygens (including phenoxy) is 2. The summed E-state index contributed by atoms with van der Waals surface area (Å²) < 4.78 is 20.0. The monoisotopic (exact) mass is 1140 g/mol. The fourth-order valence-corrected chi connectivity index (χ4v) is 6.66. The molecule has 9 aromatic rings. The molecular formula is C51H31N5O2Pt2+2. The molecule has 7 nitrogen and oxygen atoms in total. The Labute approximate surface area is 377 Å². The van der Waals surface area contributed by atoms with Crippen LogP contribution in [0.4, 0.5) is 5.69 Å². The number of pyridine rings is 1. The quantitative estimate of drug-likeness (QED) is 0.0865. The van der Waals surface area contributed by atoms with E-state index in [0.717, 1.165) is 44.8 Å². The van der Waals surface area contributed by atoms with Gasteiger partial charge in [0.05, 0.1) is 11.0 Å². The number of aromatic nitrogens is 3. The number of para-hydroxylation sites is 2. The zero-order chi connectivity index (χ0) is 39.3. The molecule has 4 heterocycles. The first-order valence-electron chi connectivity index (χ1n) is 18.4. The van der Waals surface area contributed by atoms with Crippen molar-refractivity contribution in [1.29, 1.82) is 0 Å². The molecule has 6 aromatic carbocycles. The van der Waals surface area contributed by atoms with Gasteiger partial charge in [-0.2, -0.15) is 24.3 Å². The van der Waals surface area contributed by atoms with E-state index in [2.05, 4.69) is 100 Å². The Morgan fingerprint density at radius 1 is 0.650 bits per heavy atom. The Hall–Kier alpha value is -6.79. The summed E-state index contributed by atoms with van der Waals surface area (Å²) in [4.78, 5) is 4.59. The smallest absolute Gasteiger partial charge is 0.669 e. The predicted octanol–water partition coefficient (Wildman–Crippen LogP) is 10.9. The first kappa shape index (κ1) is 41.4. The molecule has 0 aliphatic carbocycles. The molecule has 0 N–H and O–H groups in total. The van der Waals surface area contributed by atoms with Crippen LogP contribution in [0.2, 0.25) is 0 Å². The number of rotatable bonds is 8. The number of fused-ring (bicyclic) bond motifs is 3. The van der Waals surface area contributed by atoms with Crippen molar-refractivity contribution in [3.05, 3.63) is 207 Å². The topological polar surface area (TPSA) is 47.2 Å². The second-order valence-electron chi connectivity index (χ2n) is 13.2. The van der Waals surface area contributed by atoms with E-state index in [-0.39, 0.29) is 42.1 Å². The molecule has 0 fully saturated rings. The standard InChI is InChI=1S/C45H27N4O2.C6H4N.2Pt/c1-47-24-25-48(31-47)35-12-8-16-39(29-35)51-38-15-7-11-34(27-38)43-28-33(22-23-46-43)32-10-6-14-37(26-32)50-40-17-9-13-36(30-40)49-44-20-4-2-18-41(44)42-19-3-5-21-45(42)49;1-2-7-5-3-4-6-7;;/h2-16,18-21,23-25,28,30H,1H3;3-6H;;/q-3;-1;+2;+4. The van der Waals surface area contributed by atoms with Crippen LogP contribution >= 0.6 is 0 Å². The molecule has 1 aliphatic rings. The first-order valence-corrected chi connectivity index (χ1v) is 18.4. The summed E-state index contributed by atoms with van der Waals surface area (Å²) in [7, 11) is 1.92. The van der Waals surface area contributed by atoms with E-state index in [9.17, 15) is 0 Å². The number of hydrogen-bond donors (Lipinski definition) is 0. The van der Waals surface area contributed by atoms with E-state index in [1.54, 1.807) is 23.2 Å². The van der Waals surface area contributed by atoms with Crippen LogP contribution in [0.1, 0.15) is 0 Å². The summed E-state index contributed by atoms with van der Waals surface area (Å²) >= 11 is 0. The number of nitrogens with zero attached hydrogens (tertiary/aromatic N) is 5. The molecule has 60 heavy (non-hydrogen) atoms. The van der Waals surface area contributed by atoms with Crippen molar-refractivity contribution in [2.45, 2.75) is 0 Å². The Morgan fingerprint density at radius 3 is 1.95 bits per heavy atom. The van der Waals surface area contributed by atoms with Crippen LogP contribution in [0.3, 0.4) is 0 Å². The molecule has 1 aliphatic heterocycles. The van der Waals surface area contributed by atoms with Gasteiger partial charge >= 0.3 is 48.1 Å². The molecule has 0 unspecified atom stereocenters. The second-order valence-corrected chi connectivity index (χ2v) is 13.2. The van der Waals surface area contributed by atoms with E-state index in [4.69, 9.17) is 15.9 Å². The van der Waals surface area contributed by atoms with Crippen molar-refractivity contribution < 1.29 is 60.8 Å². The average molecular weight is 1140 g/mol. The van der Waals surface area contributed by atoms with Crippen molar-refractivity contribution in [2.75, 3.05) is 7.05 Å². The third kappa shape index (κ3) is 9.08. The van der Waals surface area contributed by atoms with Crippen molar-refractivity contribution in [3.8, 4) is 57.1 Å². The van der Waals surface area contributed by atoms with Crippen LogP contribution in [0.15, 0.2) is 171 Å². The van der Waals surface area contributed by atoms with Crippen LogP contribution in [-0.4, -0.2) is 36.3 Å². The third-order valence-corrected chi connectivity index (χ3v) is 9.30. The molecule has 0 bridgehead atoms. The molecule has 0 amide bonds. The van der Waals surface area contributed by atoms with Gasteiger partial charge in [0, 0.05) is 46.2 Å². The largest absolute Gasteiger partial charge is 4.00 e. The van der Waals surface area contributed by atoms with Gasteiger partial charge < -0.3 is 30.0 Å². The normalized spacial score (nSPS) is 11.3. The fraction of sp³-hybridized carbons (Fsp3) is 0.0196. The van der Waals surface area contributed by atoms with Gasteiger partial charge in [-0.25, -0.2) is 24.2 Å². The Bertz CT molecular complexity index is 3050. The Morgan fingerprint density at radius 2 is 1.28 bits per heavy atom. The molecular weight excluding hydrogens is 1100 g/mol. The molecule has 9 heteroatoms. The van der Waals surface area contributed by atoms with Gasteiger partial charge in [0.1, 0.15) is 5.69 Å². The molecule has 3 aromatic heterocycles. The maximum absolute atomic E-state index is 6.57. The molecule has 0 radical (unpaired) electrons. The molecule has 0 saturated carbocycles. The maximum atomic E-state index is 6.57. The van der Waals surface area contributed by atoms with Crippen LogP contribution < -0.4 is 9.47 Å². The van der Waals surface area contributed by atoms with Gasteiger partial charge in [-0.3, -0.25) is 11.1 Å². The van der Waals surface area contributed by atoms with E-state index >= 15 is 0 Å². The average Bonchev–Trinajstić information content (AvgIpc) is 4.04. The third-order valence-electron chi connectivity index (χ3n) is 9.30. The van der Waals surface area contributed by atoms with E-state index in [0.29, 0.717) is 23.0 Å². The van der Waals surface area contributed by atoms with Gasteiger partial charge in [-0.15, -0.1) is 54.1 Å². The summed E-state index contributed by atoms with van der Waals surface area (Å²) in [6.45, 7) is 0. The molecule has 0 saturated heterocycles. The molecule has 290 valence electrons. The van der Waals surface area contributed by atoms with Crippen molar-refractivity contribution in [2.24, 2.45) is 0 Å². The van der Waals surface area contributed by atoms with Crippen molar-refractivity contribution in [3.63, 3.8) is 0 Å². The molecule has 0 atom stereocenters. The van der Waals surface area contributed by atoms with Crippen molar-refractivity contribution in [1.82, 2.24) is 14.1 Å². The fourth-order valence-electron chi connectivity index (χ4n) is 6.66. The Balaban J connectivity index is 0.000000552. The van der Waals surface area contributed by atoms with Crippen molar-refractivity contribution >= 4 is 33.5 Å². The zero-order valence-corrected chi connectivity index (χ0v) is 36.4. The second kappa shape index (κ2) is 18.9. The van der Waals surface area contributed by atoms with Gasteiger partial charge in [-0.1, -0.05) is 81.3 Å². The van der Waals surface area contributed by atoms with Crippen LogP contribution in [0.5, 0.6) is 23.0 Å². The first-order chi connectivity index (χ1) is 28.6. The SMILES string of the molecule is C[N+]1=C=[N+](c2[c-]c(Oc3[c-]c(-c4cc(-c5[c-]c(Oc6[c-]ccc(-n7c8ccccc8c8ccccc87)c6)ccc5)[c-]cn4)ccc3)ccc2)C=C1.[C-]#Cn1cccc1.[Pt+2].[Pt+4]. The van der Waals surface area contributed by atoms with E-state index in [1.165, 1.54) is 10.8 Å². The summed E-state index contributed by atoms with van der Waals surface area (Å²) in [5, 5.41) is 2.42. The van der Waals surface area contributed by atoms with Gasteiger partial charge in [0.15, 0.2) is 7.05 Å². The van der Waals surface area contributed by atoms with Gasteiger partial charge in [0.2, 0.25) is 6.20 Å². The Kier molecular flexibility index (Phi) is 13.0. The molecule has 0 spiro atoms. The zero-order valence-electron chi connectivity index (χ0n) is 31.9. The summed E-state index contributed by atoms with van der Waals surface area (Å²) in [5.41, 5.74) is 7.25. The van der Waals surface area contributed by atoms with Crippen LogP contribution in [0.25, 0.3) is 49.9 Å². The minimum absolute atomic E-state index is 0. The summed E-state index contributed by atoms with van der Waals surface area (Å²) in [6.07, 6.45) is 15.6. The van der Waals surface area contributed by atoms with E-state index in [1.807, 2.05) is 120 Å². The van der Waals surface area contributed by atoms with E-state index < -0.39 is 0 Å². The minimum atomic E-state index is 0. The summed E-state index contributed by atoms with van der Waals surface area (Å²) in [6, 6.07) is 67.7. The minimum Gasteiger partial charge on any atom is -0.669 e. The number of hydrogen-bond acceptors (Lipinski definition) is 3. The van der Waals surface area contributed by atoms with Gasteiger partial charge in [0.25, 0.3) is 6.20 Å². The maximum Gasteiger partial charge on any atom is 4.00 e. The predicted molar refractivity (Wildman–Crippen MR) is 224 cm³/mol. The summed E-state index contributed by atoms with van der Waals surface area (Å²) in [5.74, 6) is 2.30. The number of benzene rings is 6. The van der Waals surface area contributed by atoms with Gasteiger partial charge in [-0.05, 0) is 24.3 Å².